The zero-order valence-corrected chi connectivity index (χ0v) is 29.8. The van der Waals surface area contributed by atoms with E-state index in [9.17, 15) is 0 Å². The Morgan fingerprint density at radius 2 is 0.691 bits per heavy atom. The van der Waals surface area contributed by atoms with Gasteiger partial charge in [0.2, 0.25) is 0 Å². The fraction of sp³-hybridized carbons (Fsp3) is 0.0196. The van der Waals surface area contributed by atoms with Gasteiger partial charge < -0.3 is 0 Å². The third-order valence-electron chi connectivity index (χ3n) is 11.3. The molecule has 4 heteroatoms. The van der Waals surface area contributed by atoms with E-state index in [1.807, 2.05) is 18.2 Å². The molecule has 0 saturated heterocycles. The van der Waals surface area contributed by atoms with Crippen LogP contribution in [0.25, 0.3) is 78.7 Å². The number of benzene rings is 7. The molecule has 2 aromatic heterocycles. The fourth-order valence-electron chi connectivity index (χ4n) is 8.82. The predicted molar refractivity (Wildman–Crippen MR) is 221 cm³/mol. The average Bonchev–Trinajstić information content (AvgIpc) is 3.74. The summed E-state index contributed by atoms with van der Waals surface area (Å²) in [7, 11) is 0. The molecule has 0 amide bonds. The number of nitrogens with zero attached hydrogens (tertiary/aromatic N) is 4. The molecule has 2 aliphatic rings. The second-order valence-electron chi connectivity index (χ2n) is 14.2. The van der Waals surface area contributed by atoms with E-state index in [-0.39, 0.29) is 5.41 Å². The summed E-state index contributed by atoms with van der Waals surface area (Å²) < 4.78 is 0. The third kappa shape index (κ3) is 4.85. The van der Waals surface area contributed by atoms with Gasteiger partial charge in [0.25, 0.3) is 0 Å². The summed E-state index contributed by atoms with van der Waals surface area (Å²) in [6, 6.07) is 65.1. The van der Waals surface area contributed by atoms with Crippen LogP contribution in [0.5, 0.6) is 0 Å². The maximum atomic E-state index is 5.06. The second kappa shape index (κ2) is 12.4. The van der Waals surface area contributed by atoms with E-state index in [0.717, 1.165) is 33.4 Å². The van der Waals surface area contributed by atoms with Gasteiger partial charge in [0.15, 0.2) is 17.5 Å². The quantitative estimate of drug-likeness (QED) is 0.179. The van der Waals surface area contributed by atoms with Gasteiger partial charge >= 0.3 is 0 Å². The zero-order valence-electron chi connectivity index (χ0n) is 29.8. The summed E-state index contributed by atoms with van der Waals surface area (Å²) in [6.45, 7) is 0. The van der Waals surface area contributed by atoms with Gasteiger partial charge in [-0.05, 0) is 91.0 Å². The van der Waals surface area contributed by atoms with Crippen LogP contribution in [0.15, 0.2) is 194 Å². The molecule has 0 unspecified atom stereocenters. The lowest BCUT2D eigenvalue weighted by atomic mass is 9.70. The Hall–Kier alpha value is -7.30. The first-order valence-electron chi connectivity index (χ1n) is 18.6. The molecule has 0 atom stereocenters. The molecule has 0 saturated carbocycles. The number of hydrogen-bond donors (Lipinski definition) is 0. The Labute approximate surface area is 319 Å². The molecule has 0 N–H and O–H groups in total. The van der Waals surface area contributed by atoms with Crippen molar-refractivity contribution in [3.63, 3.8) is 0 Å². The maximum Gasteiger partial charge on any atom is 0.164 e. The van der Waals surface area contributed by atoms with Gasteiger partial charge in [-0.3, -0.25) is 4.98 Å². The SMILES string of the molecule is c1ccc(-c2cccc(-c3nc(-c4ccncc4)nc(-c4ccc(-c5ccc6c(c5)C5(c7ccccc7-c7ccccc75)c5ccccc5-6)cc4)n3)c2)cc1. The van der Waals surface area contributed by atoms with Crippen molar-refractivity contribution in [2.24, 2.45) is 0 Å². The van der Waals surface area contributed by atoms with Gasteiger partial charge in [0, 0.05) is 29.1 Å². The summed E-state index contributed by atoms with van der Waals surface area (Å²) in [5, 5.41) is 0. The van der Waals surface area contributed by atoms with E-state index in [4.69, 9.17) is 15.0 Å². The minimum absolute atomic E-state index is 0.377. The van der Waals surface area contributed by atoms with Crippen LogP contribution in [-0.2, 0) is 5.41 Å². The van der Waals surface area contributed by atoms with Gasteiger partial charge in [0.05, 0.1) is 5.41 Å². The van der Waals surface area contributed by atoms with Crippen LogP contribution in [0.2, 0.25) is 0 Å². The Bertz CT molecular complexity index is 2850. The number of pyridine rings is 1. The van der Waals surface area contributed by atoms with Crippen LogP contribution >= 0.6 is 0 Å². The molecule has 0 bridgehead atoms. The first-order valence-corrected chi connectivity index (χ1v) is 18.6. The van der Waals surface area contributed by atoms with E-state index in [0.29, 0.717) is 17.5 Å². The molecular formula is C51H32N4. The molecule has 11 rings (SSSR count). The van der Waals surface area contributed by atoms with Crippen molar-refractivity contribution in [1.29, 1.82) is 0 Å². The van der Waals surface area contributed by atoms with E-state index in [2.05, 4.69) is 169 Å². The van der Waals surface area contributed by atoms with Crippen molar-refractivity contribution in [2.45, 2.75) is 5.41 Å². The normalized spacial score (nSPS) is 12.9. The topological polar surface area (TPSA) is 51.6 Å². The average molecular weight is 701 g/mol. The van der Waals surface area contributed by atoms with Crippen LogP contribution < -0.4 is 0 Å². The van der Waals surface area contributed by atoms with Crippen LogP contribution in [-0.4, -0.2) is 19.9 Å². The standard InChI is InChI=1S/C51H32N4/c1-2-11-33(12-3-1)37-13-10-14-39(31-37)50-54-48(53-49(55-50)36-27-29-52-30-28-36)35-23-21-34(22-24-35)38-25-26-43-42-17-6-9-20-46(42)51(47(43)32-38)44-18-7-4-15-40(44)41-16-5-8-19-45(41)51/h1-32H. The lowest BCUT2D eigenvalue weighted by molar-refractivity contribution is 0.794. The number of hydrogen-bond acceptors (Lipinski definition) is 4. The summed E-state index contributed by atoms with van der Waals surface area (Å²) in [5.41, 5.74) is 17.5. The number of fused-ring (bicyclic) bond motifs is 10. The molecule has 4 nitrogen and oxygen atoms in total. The Balaban J connectivity index is 1.02. The Kier molecular flexibility index (Phi) is 7.04. The smallest absolute Gasteiger partial charge is 0.164 e. The molecule has 256 valence electrons. The lowest BCUT2D eigenvalue weighted by Crippen LogP contribution is -2.25. The van der Waals surface area contributed by atoms with E-state index >= 15 is 0 Å². The molecule has 0 radical (unpaired) electrons. The summed E-state index contributed by atoms with van der Waals surface area (Å²) in [5.74, 6) is 1.85. The van der Waals surface area contributed by atoms with Crippen LogP contribution in [0.1, 0.15) is 22.3 Å². The molecule has 55 heavy (non-hydrogen) atoms. The van der Waals surface area contributed by atoms with Gasteiger partial charge in [-0.25, -0.2) is 15.0 Å². The Morgan fingerprint density at radius 1 is 0.273 bits per heavy atom. The summed E-state index contributed by atoms with van der Waals surface area (Å²) in [4.78, 5) is 19.2. The second-order valence-corrected chi connectivity index (χ2v) is 14.2. The van der Waals surface area contributed by atoms with Crippen molar-refractivity contribution >= 4 is 0 Å². The molecule has 0 fully saturated rings. The highest BCUT2D eigenvalue weighted by Crippen LogP contribution is 2.63. The van der Waals surface area contributed by atoms with Gasteiger partial charge in [-0.1, -0.05) is 158 Å². The first kappa shape index (κ1) is 31.2. The van der Waals surface area contributed by atoms with E-state index in [1.54, 1.807) is 12.4 Å². The Morgan fingerprint density at radius 3 is 1.31 bits per heavy atom. The zero-order chi connectivity index (χ0) is 36.3. The minimum Gasteiger partial charge on any atom is -0.265 e. The van der Waals surface area contributed by atoms with Gasteiger partial charge in [-0.2, -0.15) is 0 Å². The molecule has 2 aliphatic carbocycles. The third-order valence-corrected chi connectivity index (χ3v) is 11.3. The number of rotatable bonds is 5. The highest BCUT2D eigenvalue weighted by molar-refractivity contribution is 5.96. The van der Waals surface area contributed by atoms with Crippen molar-refractivity contribution in [1.82, 2.24) is 19.9 Å². The monoisotopic (exact) mass is 700 g/mol. The highest BCUT2D eigenvalue weighted by atomic mass is 15.0. The maximum absolute atomic E-state index is 5.06. The largest absolute Gasteiger partial charge is 0.265 e. The molecular weight excluding hydrogens is 669 g/mol. The van der Waals surface area contributed by atoms with Crippen molar-refractivity contribution in [2.75, 3.05) is 0 Å². The summed E-state index contributed by atoms with van der Waals surface area (Å²) in [6.07, 6.45) is 3.54. The van der Waals surface area contributed by atoms with Crippen LogP contribution in [0, 0.1) is 0 Å². The lowest BCUT2D eigenvalue weighted by Gasteiger charge is -2.30. The van der Waals surface area contributed by atoms with Gasteiger partial charge in [0.1, 0.15) is 0 Å². The molecule has 9 aromatic rings. The first-order chi connectivity index (χ1) is 27.3. The fourth-order valence-corrected chi connectivity index (χ4v) is 8.82. The van der Waals surface area contributed by atoms with Crippen molar-refractivity contribution < 1.29 is 0 Å². The molecule has 0 aliphatic heterocycles. The highest BCUT2D eigenvalue weighted by Gasteiger charge is 2.51. The molecule has 2 heterocycles. The number of aromatic nitrogens is 4. The van der Waals surface area contributed by atoms with Crippen molar-refractivity contribution in [3.05, 3.63) is 217 Å². The molecule has 1 spiro atoms. The van der Waals surface area contributed by atoms with Gasteiger partial charge in [-0.15, -0.1) is 0 Å². The van der Waals surface area contributed by atoms with E-state index < -0.39 is 0 Å². The predicted octanol–water partition coefficient (Wildman–Crippen LogP) is 11.9. The van der Waals surface area contributed by atoms with Crippen LogP contribution in [0.4, 0.5) is 0 Å². The van der Waals surface area contributed by atoms with Crippen LogP contribution in [0.3, 0.4) is 0 Å². The minimum atomic E-state index is -0.377. The summed E-state index contributed by atoms with van der Waals surface area (Å²) >= 11 is 0. The van der Waals surface area contributed by atoms with E-state index in [1.165, 1.54) is 50.1 Å². The molecule has 7 aromatic carbocycles. The van der Waals surface area contributed by atoms with Crippen molar-refractivity contribution in [3.8, 4) is 78.7 Å².